The van der Waals surface area contributed by atoms with Gasteiger partial charge in [-0.2, -0.15) is 11.8 Å². The van der Waals surface area contributed by atoms with Gasteiger partial charge >= 0.3 is 0 Å². The van der Waals surface area contributed by atoms with Crippen LogP contribution in [0.1, 0.15) is 18.9 Å². The molecule has 0 radical (unpaired) electrons. The molecule has 26 heavy (non-hydrogen) atoms. The average Bonchev–Trinajstić information content (AvgIpc) is 3.10. The third-order valence-corrected chi connectivity index (χ3v) is 5.58. The minimum atomic E-state index is 0.415. The van der Waals surface area contributed by atoms with Crippen molar-refractivity contribution in [2.75, 3.05) is 47.2 Å². The summed E-state index contributed by atoms with van der Waals surface area (Å²) in [4.78, 5) is 6.79. The molecule has 1 heterocycles. The third-order valence-electron chi connectivity index (χ3n) is 4.61. The molecule has 1 aromatic carbocycles. The molecule has 1 aliphatic heterocycles. The highest BCUT2D eigenvalue weighted by Crippen LogP contribution is 2.24. The molecule has 0 bridgehead atoms. The molecular formula is C19H32N4O2S. The first kappa shape index (κ1) is 20.7. The highest BCUT2D eigenvalue weighted by Gasteiger charge is 2.23. The molecule has 0 amide bonds. The highest BCUT2D eigenvalue weighted by atomic mass is 32.2. The largest absolute Gasteiger partial charge is 0.497 e. The zero-order valence-corrected chi connectivity index (χ0v) is 17.4. The van der Waals surface area contributed by atoms with Crippen molar-refractivity contribution in [3.8, 4) is 11.5 Å². The molecule has 7 heteroatoms. The highest BCUT2D eigenvalue weighted by molar-refractivity contribution is 7.99. The van der Waals surface area contributed by atoms with Gasteiger partial charge in [-0.05, 0) is 30.4 Å². The summed E-state index contributed by atoms with van der Waals surface area (Å²) in [6.45, 7) is 6.08. The maximum Gasteiger partial charge on any atom is 0.191 e. The van der Waals surface area contributed by atoms with Crippen LogP contribution in [0.5, 0.6) is 11.5 Å². The predicted octanol–water partition coefficient (Wildman–Crippen LogP) is 2.19. The predicted molar refractivity (Wildman–Crippen MR) is 111 cm³/mol. The lowest BCUT2D eigenvalue weighted by molar-refractivity contribution is 0.321. The fraction of sp³-hybridized carbons (Fsp3) is 0.632. The first-order chi connectivity index (χ1) is 12.6. The van der Waals surface area contributed by atoms with Crippen LogP contribution in [0.3, 0.4) is 0 Å². The first-order valence-corrected chi connectivity index (χ1v) is 10.3. The molecule has 0 saturated carbocycles. The van der Waals surface area contributed by atoms with Crippen LogP contribution in [0.15, 0.2) is 23.2 Å². The molecule has 146 valence electrons. The fourth-order valence-corrected chi connectivity index (χ4v) is 3.27. The molecule has 0 aromatic heterocycles. The van der Waals surface area contributed by atoms with Crippen LogP contribution in [-0.4, -0.2) is 69.3 Å². The normalized spacial score (nSPS) is 19.3. The Labute approximate surface area is 161 Å². The van der Waals surface area contributed by atoms with Crippen molar-refractivity contribution in [1.82, 2.24) is 15.5 Å². The van der Waals surface area contributed by atoms with E-state index in [9.17, 15) is 0 Å². The van der Waals surface area contributed by atoms with Gasteiger partial charge in [0.15, 0.2) is 5.96 Å². The van der Waals surface area contributed by atoms with Crippen molar-refractivity contribution in [2.24, 2.45) is 4.99 Å². The van der Waals surface area contributed by atoms with E-state index in [1.807, 2.05) is 24.9 Å². The molecule has 2 atom stereocenters. The number of guanidine groups is 1. The van der Waals surface area contributed by atoms with Gasteiger partial charge in [-0.1, -0.05) is 6.92 Å². The number of nitrogens with zero attached hydrogens (tertiary/aromatic N) is 2. The maximum atomic E-state index is 5.37. The van der Waals surface area contributed by atoms with Crippen LogP contribution in [0, 0.1) is 0 Å². The van der Waals surface area contributed by atoms with E-state index in [0.717, 1.165) is 50.1 Å². The van der Waals surface area contributed by atoms with Gasteiger partial charge < -0.3 is 20.1 Å². The van der Waals surface area contributed by atoms with E-state index in [0.29, 0.717) is 11.3 Å². The number of aliphatic imine (C=N–C) groups is 1. The van der Waals surface area contributed by atoms with E-state index in [1.54, 1.807) is 14.2 Å². The third kappa shape index (κ3) is 6.29. The SMILES string of the molecule is CN=C(NCC(C)SC)NC1CCN(Cc2cc(OC)cc(OC)c2)C1. The Bertz CT molecular complexity index is 575. The van der Waals surface area contributed by atoms with Gasteiger partial charge in [-0.3, -0.25) is 9.89 Å². The lowest BCUT2D eigenvalue weighted by Crippen LogP contribution is -2.46. The number of ether oxygens (including phenoxy) is 2. The standard InChI is InChI=1S/C19H32N4O2S/c1-14(26-5)11-21-19(20-2)22-16-6-7-23(13-16)12-15-8-17(24-3)10-18(9-15)25-4/h8-10,14,16H,6-7,11-13H2,1-5H3,(H2,20,21,22). The number of likely N-dealkylation sites (tertiary alicyclic amines) is 1. The van der Waals surface area contributed by atoms with Gasteiger partial charge in [0.1, 0.15) is 11.5 Å². The molecule has 6 nitrogen and oxygen atoms in total. The molecule has 0 aliphatic carbocycles. The molecule has 1 saturated heterocycles. The summed E-state index contributed by atoms with van der Waals surface area (Å²) >= 11 is 1.85. The Morgan fingerprint density at radius 1 is 1.31 bits per heavy atom. The van der Waals surface area contributed by atoms with Crippen LogP contribution in [0.2, 0.25) is 0 Å². The zero-order chi connectivity index (χ0) is 18.9. The van der Waals surface area contributed by atoms with Crippen molar-refractivity contribution in [3.05, 3.63) is 23.8 Å². The molecule has 0 spiro atoms. The van der Waals surface area contributed by atoms with Crippen LogP contribution in [0.25, 0.3) is 0 Å². The number of benzene rings is 1. The van der Waals surface area contributed by atoms with E-state index in [1.165, 1.54) is 5.56 Å². The molecule has 2 unspecified atom stereocenters. The first-order valence-electron chi connectivity index (χ1n) is 9.02. The minimum Gasteiger partial charge on any atom is -0.497 e. The number of thioether (sulfide) groups is 1. The molecule has 2 rings (SSSR count). The van der Waals surface area contributed by atoms with Crippen molar-refractivity contribution < 1.29 is 9.47 Å². The monoisotopic (exact) mass is 380 g/mol. The number of nitrogens with one attached hydrogen (secondary N) is 2. The summed E-state index contributed by atoms with van der Waals surface area (Å²) in [6, 6.07) is 6.47. The molecule has 1 aromatic rings. The number of hydrogen-bond acceptors (Lipinski definition) is 5. The maximum absolute atomic E-state index is 5.37. The summed E-state index contributed by atoms with van der Waals surface area (Å²) in [7, 11) is 5.20. The summed E-state index contributed by atoms with van der Waals surface area (Å²) in [5, 5.41) is 7.52. The van der Waals surface area contributed by atoms with E-state index in [2.05, 4.69) is 45.8 Å². The zero-order valence-electron chi connectivity index (χ0n) is 16.5. The molecule has 1 fully saturated rings. The van der Waals surface area contributed by atoms with Gasteiger partial charge in [0.2, 0.25) is 0 Å². The lowest BCUT2D eigenvalue weighted by Gasteiger charge is -2.20. The Hall–Kier alpha value is -1.60. The van der Waals surface area contributed by atoms with Gasteiger partial charge in [0, 0.05) is 50.6 Å². The molecule has 1 aliphatic rings. The van der Waals surface area contributed by atoms with Gasteiger partial charge in [0.25, 0.3) is 0 Å². The van der Waals surface area contributed by atoms with Crippen molar-refractivity contribution in [3.63, 3.8) is 0 Å². The van der Waals surface area contributed by atoms with E-state index < -0.39 is 0 Å². The van der Waals surface area contributed by atoms with E-state index in [4.69, 9.17) is 9.47 Å². The summed E-state index contributed by atoms with van der Waals surface area (Å²) in [5.41, 5.74) is 1.21. The van der Waals surface area contributed by atoms with Crippen LogP contribution >= 0.6 is 11.8 Å². The van der Waals surface area contributed by atoms with E-state index in [-0.39, 0.29) is 0 Å². The van der Waals surface area contributed by atoms with Crippen LogP contribution in [0.4, 0.5) is 0 Å². The van der Waals surface area contributed by atoms with Crippen molar-refractivity contribution in [2.45, 2.75) is 31.2 Å². The molecule has 2 N–H and O–H groups in total. The van der Waals surface area contributed by atoms with E-state index >= 15 is 0 Å². The minimum absolute atomic E-state index is 0.415. The summed E-state index contributed by atoms with van der Waals surface area (Å²) < 4.78 is 10.7. The quantitative estimate of drug-likeness (QED) is 0.533. The molecular weight excluding hydrogens is 348 g/mol. The van der Waals surface area contributed by atoms with Gasteiger partial charge in [0.05, 0.1) is 14.2 Å². The lowest BCUT2D eigenvalue weighted by atomic mass is 10.2. The topological polar surface area (TPSA) is 58.1 Å². The second kappa shape index (κ2) is 10.5. The second-order valence-corrected chi connectivity index (χ2v) is 7.86. The number of hydrogen-bond donors (Lipinski definition) is 2. The average molecular weight is 381 g/mol. The Kier molecular flexibility index (Phi) is 8.38. The summed E-state index contributed by atoms with van der Waals surface area (Å²) in [6.07, 6.45) is 3.24. The van der Waals surface area contributed by atoms with Crippen LogP contribution in [-0.2, 0) is 6.54 Å². The van der Waals surface area contributed by atoms with Crippen molar-refractivity contribution >= 4 is 17.7 Å². The van der Waals surface area contributed by atoms with Gasteiger partial charge in [-0.25, -0.2) is 0 Å². The second-order valence-electron chi connectivity index (χ2n) is 6.59. The van der Waals surface area contributed by atoms with Crippen LogP contribution < -0.4 is 20.1 Å². The van der Waals surface area contributed by atoms with Gasteiger partial charge in [-0.15, -0.1) is 0 Å². The Balaban J connectivity index is 1.86. The number of methoxy groups -OCH3 is 2. The smallest absolute Gasteiger partial charge is 0.191 e. The Morgan fingerprint density at radius 2 is 2.00 bits per heavy atom. The van der Waals surface area contributed by atoms with Crippen molar-refractivity contribution in [1.29, 1.82) is 0 Å². The summed E-state index contributed by atoms with van der Waals surface area (Å²) in [5.74, 6) is 2.56. The number of rotatable bonds is 8. The Morgan fingerprint density at radius 3 is 2.58 bits per heavy atom. The fourth-order valence-electron chi connectivity index (χ4n) is 3.02.